The third-order valence-corrected chi connectivity index (χ3v) is 4.07. The topological polar surface area (TPSA) is 56.1 Å². The first-order chi connectivity index (χ1) is 10.2. The van der Waals surface area contributed by atoms with Crippen molar-refractivity contribution in [1.29, 1.82) is 0 Å². The Morgan fingerprint density at radius 1 is 1.52 bits per heavy atom. The first-order valence-electron chi connectivity index (χ1n) is 7.54. The lowest BCUT2D eigenvalue weighted by atomic mass is 10.1. The van der Waals surface area contributed by atoms with Crippen LogP contribution in [0.25, 0.3) is 11.0 Å². The lowest BCUT2D eigenvalue weighted by Crippen LogP contribution is -2.31. The highest BCUT2D eigenvalue weighted by Crippen LogP contribution is 2.17. The Balaban J connectivity index is 1.75. The monoisotopic (exact) mass is 287 g/mol. The minimum atomic E-state index is -0.0592. The van der Waals surface area contributed by atoms with E-state index < -0.39 is 0 Å². The van der Waals surface area contributed by atoms with E-state index in [-0.39, 0.29) is 12.0 Å². The summed E-state index contributed by atoms with van der Waals surface area (Å²) in [6, 6.07) is 5.68. The average Bonchev–Trinajstić information content (AvgIpc) is 3.12. The van der Waals surface area contributed by atoms with Gasteiger partial charge in [-0.3, -0.25) is 4.79 Å². The molecular weight excluding hydrogens is 266 g/mol. The molecule has 1 saturated heterocycles. The molecule has 0 bridgehead atoms. The number of carbonyl (C=O) groups excluding carboxylic acids is 1. The number of nitrogens with zero attached hydrogens (tertiary/aromatic N) is 2. The number of imidazole rings is 1. The summed E-state index contributed by atoms with van der Waals surface area (Å²) in [6.45, 7) is 3.47. The second-order valence-electron chi connectivity index (χ2n) is 5.49. The van der Waals surface area contributed by atoms with Crippen LogP contribution in [0.3, 0.4) is 0 Å². The number of rotatable bonds is 4. The molecule has 1 amide bonds. The molecule has 0 radical (unpaired) electrons. The molecule has 5 heteroatoms. The quantitative estimate of drug-likeness (QED) is 0.936. The van der Waals surface area contributed by atoms with Crippen molar-refractivity contribution >= 4 is 16.9 Å². The van der Waals surface area contributed by atoms with Crippen molar-refractivity contribution in [2.45, 2.75) is 32.3 Å². The fourth-order valence-electron chi connectivity index (χ4n) is 2.82. The smallest absolute Gasteiger partial charge is 0.251 e. The molecule has 0 aliphatic carbocycles. The maximum atomic E-state index is 12.2. The highest BCUT2D eigenvalue weighted by atomic mass is 16.5. The van der Waals surface area contributed by atoms with Crippen LogP contribution < -0.4 is 5.32 Å². The van der Waals surface area contributed by atoms with Gasteiger partial charge >= 0.3 is 0 Å². The van der Waals surface area contributed by atoms with Gasteiger partial charge in [-0.05, 0) is 31.0 Å². The fraction of sp³-hybridized carbons (Fsp3) is 0.500. The molecule has 2 heterocycles. The summed E-state index contributed by atoms with van der Waals surface area (Å²) in [5.74, 6) is 0.970. The highest BCUT2D eigenvalue weighted by molar-refractivity contribution is 5.97. The second kappa shape index (κ2) is 5.85. The summed E-state index contributed by atoms with van der Waals surface area (Å²) in [5.41, 5.74) is 2.59. The molecule has 0 unspecified atom stereocenters. The zero-order valence-electron chi connectivity index (χ0n) is 12.6. The van der Waals surface area contributed by atoms with Crippen LogP contribution in [0.15, 0.2) is 18.2 Å². The van der Waals surface area contributed by atoms with Gasteiger partial charge in [-0.15, -0.1) is 0 Å². The molecule has 1 atom stereocenters. The summed E-state index contributed by atoms with van der Waals surface area (Å²) in [5, 5.41) is 2.94. The molecule has 5 nitrogen and oxygen atoms in total. The van der Waals surface area contributed by atoms with Crippen molar-refractivity contribution in [3.8, 4) is 0 Å². The fourth-order valence-corrected chi connectivity index (χ4v) is 2.82. The van der Waals surface area contributed by atoms with Crippen molar-refractivity contribution in [3.63, 3.8) is 0 Å². The van der Waals surface area contributed by atoms with Gasteiger partial charge in [0.2, 0.25) is 0 Å². The van der Waals surface area contributed by atoms with Gasteiger partial charge in [-0.2, -0.15) is 0 Å². The van der Waals surface area contributed by atoms with Crippen molar-refractivity contribution in [2.24, 2.45) is 7.05 Å². The Kier molecular flexibility index (Phi) is 3.92. The molecular formula is C16H21N3O2. The molecule has 21 heavy (non-hydrogen) atoms. The van der Waals surface area contributed by atoms with Gasteiger partial charge in [0.05, 0.1) is 17.1 Å². The molecule has 3 rings (SSSR count). The number of amides is 1. The number of carbonyl (C=O) groups is 1. The van der Waals surface area contributed by atoms with Gasteiger partial charge in [0.1, 0.15) is 5.82 Å². The first kappa shape index (κ1) is 14.1. The number of aromatic nitrogens is 2. The van der Waals surface area contributed by atoms with E-state index in [2.05, 4.69) is 21.8 Å². The van der Waals surface area contributed by atoms with Gasteiger partial charge < -0.3 is 14.6 Å². The van der Waals surface area contributed by atoms with Crippen LogP contribution in [0.1, 0.15) is 35.9 Å². The third-order valence-electron chi connectivity index (χ3n) is 4.07. The highest BCUT2D eigenvalue weighted by Gasteiger charge is 2.17. The number of ether oxygens (including phenoxy) is 1. The second-order valence-corrected chi connectivity index (χ2v) is 5.49. The molecule has 2 aromatic rings. The molecule has 1 aliphatic rings. The van der Waals surface area contributed by atoms with Gasteiger partial charge in [-0.1, -0.05) is 6.92 Å². The van der Waals surface area contributed by atoms with Crippen molar-refractivity contribution < 1.29 is 9.53 Å². The summed E-state index contributed by atoms with van der Waals surface area (Å²) >= 11 is 0. The normalized spacial score (nSPS) is 18.3. The molecule has 1 aromatic heterocycles. The molecule has 112 valence electrons. The van der Waals surface area contributed by atoms with Gasteiger partial charge in [0, 0.05) is 32.2 Å². The van der Waals surface area contributed by atoms with Gasteiger partial charge in [0.25, 0.3) is 5.91 Å². The van der Waals surface area contributed by atoms with Crippen molar-refractivity contribution in [2.75, 3.05) is 13.2 Å². The van der Waals surface area contributed by atoms with E-state index in [1.54, 1.807) is 0 Å². The molecule has 1 fully saturated rings. The Morgan fingerprint density at radius 2 is 2.38 bits per heavy atom. The van der Waals surface area contributed by atoms with Gasteiger partial charge in [0.15, 0.2) is 0 Å². The van der Waals surface area contributed by atoms with E-state index in [0.717, 1.165) is 42.7 Å². The number of fused-ring (bicyclic) bond motifs is 1. The van der Waals surface area contributed by atoms with Crippen LogP contribution in [0.4, 0.5) is 0 Å². The van der Waals surface area contributed by atoms with E-state index in [0.29, 0.717) is 12.1 Å². The van der Waals surface area contributed by atoms with Crippen molar-refractivity contribution in [1.82, 2.24) is 14.9 Å². The summed E-state index contributed by atoms with van der Waals surface area (Å²) in [4.78, 5) is 16.8. The average molecular weight is 287 g/mol. The van der Waals surface area contributed by atoms with Crippen LogP contribution >= 0.6 is 0 Å². The number of benzene rings is 1. The molecule has 1 N–H and O–H groups in total. The van der Waals surface area contributed by atoms with E-state index in [1.807, 2.05) is 25.2 Å². The van der Waals surface area contributed by atoms with E-state index in [9.17, 15) is 4.79 Å². The Bertz CT molecular complexity index is 657. The number of hydrogen-bond donors (Lipinski definition) is 1. The Morgan fingerprint density at radius 3 is 3.10 bits per heavy atom. The minimum absolute atomic E-state index is 0.0592. The number of nitrogens with one attached hydrogen (secondary N) is 1. The largest absolute Gasteiger partial charge is 0.376 e. The predicted molar refractivity (Wildman–Crippen MR) is 81.4 cm³/mol. The molecule has 1 aliphatic heterocycles. The van der Waals surface area contributed by atoms with Crippen LogP contribution in [0.5, 0.6) is 0 Å². The van der Waals surface area contributed by atoms with Gasteiger partial charge in [-0.25, -0.2) is 4.98 Å². The van der Waals surface area contributed by atoms with Crippen LogP contribution in [0, 0.1) is 0 Å². The third kappa shape index (κ3) is 2.78. The molecule has 0 spiro atoms. The summed E-state index contributed by atoms with van der Waals surface area (Å²) < 4.78 is 7.59. The minimum Gasteiger partial charge on any atom is -0.376 e. The van der Waals surface area contributed by atoms with Crippen LogP contribution in [-0.4, -0.2) is 34.7 Å². The maximum Gasteiger partial charge on any atom is 0.251 e. The lowest BCUT2D eigenvalue weighted by molar-refractivity contribution is 0.0858. The SMILES string of the molecule is CCc1nc2cc(C(=O)NC[C@@H]3CCCO3)ccc2n1C. The first-order valence-corrected chi connectivity index (χ1v) is 7.54. The predicted octanol–water partition coefficient (Wildman–Crippen LogP) is 2.04. The maximum absolute atomic E-state index is 12.2. The Hall–Kier alpha value is -1.88. The number of aryl methyl sites for hydroxylation is 2. The summed E-state index contributed by atoms with van der Waals surface area (Å²) in [6.07, 6.45) is 3.16. The molecule has 1 aromatic carbocycles. The van der Waals surface area contributed by atoms with E-state index in [4.69, 9.17) is 4.74 Å². The lowest BCUT2D eigenvalue weighted by Gasteiger charge is -2.10. The van der Waals surface area contributed by atoms with Crippen LogP contribution in [-0.2, 0) is 18.2 Å². The van der Waals surface area contributed by atoms with E-state index >= 15 is 0 Å². The zero-order valence-corrected chi connectivity index (χ0v) is 12.6. The summed E-state index contributed by atoms with van der Waals surface area (Å²) in [7, 11) is 2.01. The zero-order chi connectivity index (χ0) is 14.8. The standard InChI is InChI=1S/C16H21N3O2/c1-3-15-18-13-9-11(6-7-14(13)19(15)2)16(20)17-10-12-5-4-8-21-12/h6-7,9,12H,3-5,8,10H2,1-2H3,(H,17,20)/t12-/m0/s1. The Labute approximate surface area is 124 Å². The molecule has 0 saturated carbocycles. The number of hydrogen-bond acceptors (Lipinski definition) is 3. The van der Waals surface area contributed by atoms with Crippen LogP contribution in [0.2, 0.25) is 0 Å². The van der Waals surface area contributed by atoms with Crippen molar-refractivity contribution in [3.05, 3.63) is 29.6 Å². The van der Waals surface area contributed by atoms with E-state index in [1.165, 1.54) is 0 Å².